The topological polar surface area (TPSA) is 17.1 Å². The van der Waals surface area contributed by atoms with Crippen molar-refractivity contribution in [1.82, 2.24) is 0 Å². The van der Waals surface area contributed by atoms with Gasteiger partial charge in [-0.2, -0.15) is 4.39 Å². The summed E-state index contributed by atoms with van der Waals surface area (Å²) in [5.41, 5.74) is 0.146. The minimum atomic E-state index is -1.75. The molecule has 0 atom stereocenters. The maximum Gasteiger partial charge on any atom is 0.332 e. The molecule has 0 aliphatic rings. The normalized spacial score (nSPS) is 10.6. The maximum absolute atomic E-state index is 13.6. The summed E-state index contributed by atoms with van der Waals surface area (Å²) >= 11 is 0. The van der Waals surface area contributed by atoms with E-state index < -0.39 is 52.3 Å². The highest BCUT2D eigenvalue weighted by Gasteiger charge is 2.13. The molecular formula is C24H18F8O. The summed E-state index contributed by atoms with van der Waals surface area (Å²) in [6.07, 6.45) is 1.27. The van der Waals surface area contributed by atoms with Crippen LogP contribution in [0.4, 0.5) is 35.1 Å². The Kier molecular flexibility index (Phi) is 9.13. The fourth-order valence-electron chi connectivity index (χ4n) is 2.93. The van der Waals surface area contributed by atoms with Crippen LogP contribution in [0.1, 0.15) is 40.4 Å². The van der Waals surface area contributed by atoms with Crippen LogP contribution in [0.15, 0.2) is 42.5 Å². The highest BCUT2D eigenvalue weighted by Crippen LogP contribution is 2.18. The highest BCUT2D eigenvalue weighted by molar-refractivity contribution is 5.88. The summed E-state index contributed by atoms with van der Waals surface area (Å²) in [6.45, 7) is 1.85. The number of carbonyl (C=O) groups excluding carboxylic acids is 1. The Balaban J connectivity index is 0.000000273. The molecule has 3 rings (SSSR count). The second-order valence-electron chi connectivity index (χ2n) is 7.04. The standard InChI is InChI=1S/C15H9F5O.C9H9F3/c16-11-7-10(15(20)21)4-3-9(11)2-1-8-5-12(17)14(19)13(18)6-8;1-2-3-6-4-5-7(10)9(12)8(6)11/h3-7H,1-2H2;4-5H,2-3H2,1H3. The second-order valence-corrected chi connectivity index (χ2v) is 7.04. The van der Waals surface area contributed by atoms with Crippen LogP contribution in [0.5, 0.6) is 0 Å². The third-order valence-electron chi connectivity index (χ3n) is 4.64. The molecule has 3 aromatic rings. The third-order valence-corrected chi connectivity index (χ3v) is 4.64. The molecule has 0 fully saturated rings. The van der Waals surface area contributed by atoms with Crippen molar-refractivity contribution < 1.29 is 39.9 Å². The molecule has 0 heterocycles. The Morgan fingerprint density at radius 1 is 0.636 bits per heavy atom. The van der Waals surface area contributed by atoms with Crippen LogP contribution < -0.4 is 0 Å². The number of benzene rings is 3. The van der Waals surface area contributed by atoms with E-state index in [9.17, 15) is 39.9 Å². The Bertz CT molecular complexity index is 1120. The minimum Gasteiger partial charge on any atom is -0.255 e. The van der Waals surface area contributed by atoms with Crippen molar-refractivity contribution >= 4 is 6.04 Å². The van der Waals surface area contributed by atoms with Crippen LogP contribution in [0.2, 0.25) is 0 Å². The highest BCUT2D eigenvalue weighted by atomic mass is 19.2. The Hall–Kier alpha value is -3.23. The van der Waals surface area contributed by atoms with Crippen molar-refractivity contribution in [3.8, 4) is 0 Å². The van der Waals surface area contributed by atoms with Gasteiger partial charge in [0.2, 0.25) is 0 Å². The zero-order chi connectivity index (χ0) is 24.7. The molecule has 3 aromatic carbocycles. The van der Waals surface area contributed by atoms with Crippen molar-refractivity contribution in [3.63, 3.8) is 0 Å². The zero-order valence-corrected chi connectivity index (χ0v) is 17.3. The molecule has 0 aliphatic carbocycles. The van der Waals surface area contributed by atoms with Crippen LogP contribution in [-0.2, 0) is 19.3 Å². The van der Waals surface area contributed by atoms with Crippen molar-refractivity contribution in [1.29, 1.82) is 0 Å². The fourth-order valence-corrected chi connectivity index (χ4v) is 2.93. The Labute approximate surface area is 184 Å². The van der Waals surface area contributed by atoms with Gasteiger partial charge in [0.1, 0.15) is 5.82 Å². The van der Waals surface area contributed by atoms with Crippen LogP contribution in [-0.4, -0.2) is 6.04 Å². The number of rotatable bonds is 6. The van der Waals surface area contributed by atoms with E-state index in [1.54, 1.807) is 0 Å². The molecule has 0 bridgehead atoms. The van der Waals surface area contributed by atoms with E-state index in [0.717, 1.165) is 30.3 Å². The zero-order valence-electron chi connectivity index (χ0n) is 17.3. The average molecular weight is 474 g/mol. The van der Waals surface area contributed by atoms with E-state index in [-0.39, 0.29) is 29.5 Å². The quantitative estimate of drug-likeness (QED) is 0.210. The first kappa shape index (κ1) is 26.0. The lowest BCUT2D eigenvalue weighted by molar-refractivity contribution is 0.0835. The number of halogens is 8. The van der Waals surface area contributed by atoms with E-state index in [2.05, 4.69) is 0 Å². The van der Waals surface area contributed by atoms with Gasteiger partial charge in [-0.15, -0.1) is 0 Å². The van der Waals surface area contributed by atoms with Crippen molar-refractivity contribution in [2.45, 2.75) is 32.6 Å². The summed E-state index contributed by atoms with van der Waals surface area (Å²) in [5.74, 6) is -8.55. The minimum absolute atomic E-state index is 0.0635. The van der Waals surface area contributed by atoms with E-state index in [1.165, 1.54) is 12.1 Å². The lowest BCUT2D eigenvalue weighted by Crippen LogP contribution is -2.00. The van der Waals surface area contributed by atoms with Gasteiger partial charge in [0.15, 0.2) is 34.9 Å². The van der Waals surface area contributed by atoms with Gasteiger partial charge in [0, 0.05) is 0 Å². The Morgan fingerprint density at radius 3 is 1.79 bits per heavy atom. The number of hydrogen-bond donors (Lipinski definition) is 0. The lowest BCUT2D eigenvalue weighted by Gasteiger charge is -2.06. The summed E-state index contributed by atoms with van der Waals surface area (Å²) in [5, 5.41) is 0. The summed E-state index contributed by atoms with van der Waals surface area (Å²) in [7, 11) is 0. The molecule has 0 N–H and O–H groups in total. The first-order chi connectivity index (χ1) is 15.5. The molecule has 0 unspecified atom stereocenters. The van der Waals surface area contributed by atoms with Crippen molar-refractivity contribution in [3.05, 3.63) is 105 Å². The summed E-state index contributed by atoms with van der Waals surface area (Å²) in [4.78, 5) is 10.4. The van der Waals surface area contributed by atoms with Gasteiger partial charge >= 0.3 is 6.04 Å². The molecule has 0 aliphatic heterocycles. The van der Waals surface area contributed by atoms with Gasteiger partial charge in [0.05, 0.1) is 5.56 Å². The Morgan fingerprint density at radius 2 is 1.24 bits per heavy atom. The predicted molar refractivity (Wildman–Crippen MR) is 106 cm³/mol. The number of aryl methyl sites for hydroxylation is 3. The fraction of sp³-hybridized carbons (Fsp3) is 0.208. The molecule has 0 amide bonds. The van der Waals surface area contributed by atoms with E-state index in [4.69, 9.17) is 0 Å². The van der Waals surface area contributed by atoms with E-state index in [0.29, 0.717) is 12.8 Å². The van der Waals surface area contributed by atoms with Gasteiger partial charge in [-0.3, -0.25) is 4.79 Å². The van der Waals surface area contributed by atoms with Crippen LogP contribution in [0.25, 0.3) is 0 Å². The van der Waals surface area contributed by atoms with E-state index >= 15 is 0 Å². The largest absolute Gasteiger partial charge is 0.332 e. The van der Waals surface area contributed by atoms with Gasteiger partial charge in [-0.1, -0.05) is 25.5 Å². The van der Waals surface area contributed by atoms with E-state index in [1.807, 2.05) is 6.92 Å². The van der Waals surface area contributed by atoms with Crippen LogP contribution in [0, 0.1) is 40.7 Å². The van der Waals surface area contributed by atoms with Gasteiger partial charge in [0.25, 0.3) is 0 Å². The SMILES string of the molecule is CCCc1ccc(F)c(F)c1F.O=C(F)c1ccc(CCc2cc(F)c(F)c(F)c2)c(F)c1. The number of carbonyl (C=O) groups is 1. The van der Waals surface area contributed by atoms with Gasteiger partial charge in [-0.25, -0.2) is 30.7 Å². The van der Waals surface area contributed by atoms with Crippen molar-refractivity contribution in [2.75, 3.05) is 0 Å². The van der Waals surface area contributed by atoms with Gasteiger partial charge < -0.3 is 0 Å². The average Bonchev–Trinajstić information content (AvgIpc) is 2.77. The molecule has 0 saturated carbocycles. The molecule has 0 spiro atoms. The second kappa shape index (κ2) is 11.6. The van der Waals surface area contributed by atoms with Crippen molar-refractivity contribution in [2.24, 2.45) is 0 Å². The van der Waals surface area contributed by atoms with Crippen LogP contribution >= 0.6 is 0 Å². The molecule has 9 heteroatoms. The molecule has 0 aromatic heterocycles. The maximum atomic E-state index is 13.6. The molecular weight excluding hydrogens is 456 g/mol. The smallest absolute Gasteiger partial charge is 0.255 e. The molecule has 1 nitrogen and oxygen atoms in total. The first-order valence-electron chi connectivity index (χ1n) is 9.79. The monoisotopic (exact) mass is 474 g/mol. The third kappa shape index (κ3) is 6.87. The molecule has 0 radical (unpaired) electrons. The molecule has 0 saturated heterocycles. The number of hydrogen-bond acceptors (Lipinski definition) is 1. The van der Waals surface area contributed by atoms with Gasteiger partial charge in [-0.05, 0) is 66.3 Å². The predicted octanol–water partition coefficient (Wildman–Crippen LogP) is 7.19. The van der Waals surface area contributed by atoms with Crippen LogP contribution in [0.3, 0.4) is 0 Å². The summed E-state index contributed by atoms with van der Waals surface area (Å²) in [6, 6.07) is 5.23. The summed E-state index contributed by atoms with van der Waals surface area (Å²) < 4.78 is 103. The first-order valence-corrected chi connectivity index (χ1v) is 9.79. The molecule has 176 valence electrons. The molecule has 33 heavy (non-hydrogen) atoms. The lowest BCUT2D eigenvalue weighted by atomic mass is 10.0.